The molecular weight excluding hydrogens is 319 g/mol. The number of carbonyl (C=O) groups excluding carboxylic acids is 1. The highest BCUT2D eigenvalue weighted by atomic mass is 35.5. The molecule has 2 aromatic carbocycles. The molecule has 0 aliphatic rings. The second-order valence-electron chi connectivity index (χ2n) is 3.84. The van der Waals surface area contributed by atoms with E-state index in [1.54, 1.807) is 18.2 Å². The van der Waals surface area contributed by atoms with Crippen molar-refractivity contribution >= 4 is 46.9 Å². The molecule has 102 valence electrons. The van der Waals surface area contributed by atoms with Crippen LogP contribution in [0.25, 0.3) is 0 Å². The fraction of sp³-hybridized carbons (Fsp3) is 0. The Bertz CT molecular complexity index is 671. The van der Waals surface area contributed by atoms with Crippen molar-refractivity contribution in [3.05, 3.63) is 68.7 Å². The molecule has 1 amide bonds. The second-order valence-corrected chi connectivity index (χ2v) is 5.10. The summed E-state index contributed by atoms with van der Waals surface area (Å²) < 4.78 is 0. The minimum Gasteiger partial charge on any atom is -0.267 e. The van der Waals surface area contributed by atoms with Gasteiger partial charge in [0.2, 0.25) is 0 Å². The van der Waals surface area contributed by atoms with Crippen molar-refractivity contribution in [3.63, 3.8) is 0 Å². The maximum absolute atomic E-state index is 11.9. The summed E-state index contributed by atoms with van der Waals surface area (Å²) in [5.74, 6) is -0.421. The summed E-state index contributed by atoms with van der Waals surface area (Å²) in [5, 5.41) is 5.12. The Morgan fingerprint density at radius 1 is 1.05 bits per heavy atom. The zero-order chi connectivity index (χ0) is 14.5. The first-order chi connectivity index (χ1) is 9.58. The maximum Gasteiger partial charge on any atom is 0.272 e. The normalized spacial score (nSPS) is 10.8. The number of halogens is 3. The Hall–Kier alpha value is -1.55. The van der Waals surface area contributed by atoms with Crippen molar-refractivity contribution in [1.29, 1.82) is 0 Å². The highest BCUT2D eigenvalue weighted by Crippen LogP contribution is 2.20. The SMILES string of the molecule is O=C(NN=Cc1ccccc1Cl)c1ccc(Cl)cc1Cl. The second kappa shape index (κ2) is 6.75. The molecule has 2 aromatic rings. The first-order valence-electron chi connectivity index (χ1n) is 5.61. The van der Waals surface area contributed by atoms with Gasteiger partial charge in [-0.3, -0.25) is 4.79 Å². The van der Waals surface area contributed by atoms with Gasteiger partial charge in [0.1, 0.15) is 0 Å². The zero-order valence-electron chi connectivity index (χ0n) is 10.1. The molecule has 0 spiro atoms. The number of amides is 1. The summed E-state index contributed by atoms with van der Waals surface area (Å²) in [5.41, 5.74) is 3.38. The van der Waals surface area contributed by atoms with Crippen LogP contribution in [0.15, 0.2) is 47.6 Å². The summed E-state index contributed by atoms with van der Waals surface area (Å²) in [4.78, 5) is 11.9. The van der Waals surface area contributed by atoms with E-state index >= 15 is 0 Å². The lowest BCUT2D eigenvalue weighted by molar-refractivity contribution is 0.0955. The van der Waals surface area contributed by atoms with E-state index in [9.17, 15) is 4.79 Å². The first kappa shape index (κ1) is 14.9. The topological polar surface area (TPSA) is 41.5 Å². The molecule has 6 heteroatoms. The summed E-state index contributed by atoms with van der Waals surface area (Å²) in [7, 11) is 0. The molecule has 1 N–H and O–H groups in total. The van der Waals surface area contributed by atoms with Gasteiger partial charge in [-0.1, -0.05) is 53.0 Å². The van der Waals surface area contributed by atoms with Crippen molar-refractivity contribution in [3.8, 4) is 0 Å². The van der Waals surface area contributed by atoms with Crippen LogP contribution in [-0.2, 0) is 0 Å². The number of benzene rings is 2. The monoisotopic (exact) mass is 326 g/mol. The summed E-state index contributed by atoms with van der Waals surface area (Å²) in [6, 6.07) is 11.8. The van der Waals surface area contributed by atoms with Crippen molar-refractivity contribution < 1.29 is 4.79 Å². The summed E-state index contributed by atoms with van der Waals surface area (Å²) >= 11 is 17.6. The largest absolute Gasteiger partial charge is 0.272 e. The van der Waals surface area contributed by atoms with E-state index in [1.165, 1.54) is 18.3 Å². The van der Waals surface area contributed by atoms with Crippen LogP contribution in [0, 0.1) is 0 Å². The molecule has 0 unspecified atom stereocenters. The lowest BCUT2D eigenvalue weighted by atomic mass is 10.2. The minimum absolute atomic E-state index is 0.267. The van der Waals surface area contributed by atoms with Gasteiger partial charge in [-0.25, -0.2) is 5.43 Å². The highest BCUT2D eigenvalue weighted by Gasteiger charge is 2.09. The van der Waals surface area contributed by atoms with Gasteiger partial charge in [-0.2, -0.15) is 5.10 Å². The third kappa shape index (κ3) is 3.73. The van der Waals surface area contributed by atoms with Gasteiger partial charge < -0.3 is 0 Å². The van der Waals surface area contributed by atoms with Gasteiger partial charge in [0, 0.05) is 15.6 Å². The molecule has 3 nitrogen and oxygen atoms in total. The van der Waals surface area contributed by atoms with Crippen molar-refractivity contribution in [2.24, 2.45) is 5.10 Å². The zero-order valence-corrected chi connectivity index (χ0v) is 12.4. The molecule has 0 bridgehead atoms. The fourth-order valence-corrected chi connectivity index (χ4v) is 2.15. The van der Waals surface area contributed by atoms with Gasteiger partial charge in [0.05, 0.1) is 16.8 Å². The van der Waals surface area contributed by atoms with Crippen LogP contribution in [0.5, 0.6) is 0 Å². The molecule has 0 aliphatic carbocycles. The third-order valence-corrected chi connectivity index (χ3v) is 3.34. The fourth-order valence-electron chi connectivity index (χ4n) is 1.47. The lowest BCUT2D eigenvalue weighted by Gasteiger charge is -2.03. The van der Waals surface area contributed by atoms with Crippen molar-refractivity contribution in [2.45, 2.75) is 0 Å². The van der Waals surface area contributed by atoms with Crippen LogP contribution in [0.2, 0.25) is 15.1 Å². The van der Waals surface area contributed by atoms with Gasteiger partial charge in [0.15, 0.2) is 0 Å². The number of nitrogens with one attached hydrogen (secondary N) is 1. The Morgan fingerprint density at radius 3 is 2.50 bits per heavy atom. The Kier molecular flexibility index (Phi) is 5.01. The standard InChI is InChI=1S/C14H9Cl3N2O/c15-10-5-6-11(13(17)7-10)14(20)19-18-8-9-3-1-2-4-12(9)16/h1-8H,(H,19,20). The van der Waals surface area contributed by atoms with Crippen LogP contribution < -0.4 is 5.43 Å². The van der Waals surface area contributed by atoms with E-state index in [2.05, 4.69) is 10.5 Å². The van der Waals surface area contributed by atoms with E-state index in [-0.39, 0.29) is 5.02 Å². The predicted octanol–water partition coefficient (Wildman–Crippen LogP) is 4.41. The van der Waals surface area contributed by atoms with Gasteiger partial charge in [-0.05, 0) is 24.3 Å². The number of hydrogen-bond acceptors (Lipinski definition) is 2. The average Bonchev–Trinajstić information content (AvgIpc) is 2.40. The maximum atomic E-state index is 11.9. The van der Waals surface area contributed by atoms with Crippen LogP contribution in [0.1, 0.15) is 15.9 Å². The molecule has 0 atom stereocenters. The third-order valence-electron chi connectivity index (χ3n) is 2.45. The van der Waals surface area contributed by atoms with E-state index in [0.29, 0.717) is 21.2 Å². The van der Waals surface area contributed by atoms with E-state index in [0.717, 1.165) is 0 Å². The highest BCUT2D eigenvalue weighted by molar-refractivity contribution is 6.36. The number of hydrazone groups is 1. The molecular formula is C14H9Cl3N2O. The quantitative estimate of drug-likeness (QED) is 0.658. The van der Waals surface area contributed by atoms with Crippen LogP contribution >= 0.6 is 34.8 Å². The molecule has 0 radical (unpaired) electrons. The van der Waals surface area contributed by atoms with Gasteiger partial charge in [0.25, 0.3) is 5.91 Å². The van der Waals surface area contributed by atoms with Crippen LogP contribution in [-0.4, -0.2) is 12.1 Å². The van der Waals surface area contributed by atoms with Gasteiger partial charge in [-0.15, -0.1) is 0 Å². The predicted molar refractivity (Wildman–Crippen MR) is 83.0 cm³/mol. The molecule has 0 saturated carbocycles. The summed E-state index contributed by atoms with van der Waals surface area (Å²) in [6.07, 6.45) is 1.46. The van der Waals surface area contributed by atoms with Crippen LogP contribution in [0.3, 0.4) is 0 Å². The number of hydrogen-bond donors (Lipinski definition) is 1. The first-order valence-corrected chi connectivity index (χ1v) is 6.74. The van der Waals surface area contributed by atoms with E-state index in [4.69, 9.17) is 34.8 Å². The van der Waals surface area contributed by atoms with Crippen molar-refractivity contribution in [2.75, 3.05) is 0 Å². The molecule has 0 heterocycles. The van der Waals surface area contributed by atoms with Crippen molar-refractivity contribution in [1.82, 2.24) is 5.43 Å². The van der Waals surface area contributed by atoms with Gasteiger partial charge >= 0.3 is 0 Å². The molecule has 0 aromatic heterocycles. The average molecular weight is 328 g/mol. The molecule has 20 heavy (non-hydrogen) atoms. The molecule has 0 aliphatic heterocycles. The number of carbonyl (C=O) groups is 1. The lowest BCUT2D eigenvalue weighted by Crippen LogP contribution is -2.18. The minimum atomic E-state index is -0.421. The number of rotatable bonds is 3. The number of nitrogens with zero attached hydrogens (tertiary/aromatic N) is 1. The van der Waals surface area contributed by atoms with E-state index in [1.807, 2.05) is 12.1 Å². The molecule has 2 rings (SSSR count). The molecule has 0 saturated heterocycles. The smallest absolute Gasteiger partial charge is 0.267 e. The molecule has 0 fully saturated rings. The summed E-state index contributed by atoms with van der Waals surface area (Å²) in [6.45, 7) is 0. The van der Waals surface area contributed by atoms with Crippen LogP contribution in [0.4, 0.5) is 0 Å². The van der Waals surface area contributed by atoms with E-state index < -0.39 is 5.91 Å². The Morgan fingerprint density at radius 2 is 1.80 bits per heavy atom. The Balaban J connectivity index is 2.07. The Labute approximate surface area is 131 Å².